The maximum absolute atomic E-state index is 8.72. The Bertz CT molecular complexity index is 149. The Morgan fingerprint density at radius 3 is 2.07 bits per heavy atom. The fourth-order valence-electron chi connectivity index (χ4n) is 1.75. The van der Waals surface area contributed by atoms with E-state index in [1.165, 1.54) is 38.5 Å². The summed E-state index contributed by atoms with van der Waals surface area (Å²) in [5, 5.41) is 8.72. The molecule has 82 valence electrons. The third-order valence-corrected chi connectivity index (χ3v) is 2.68. The van der Waals surface area contributed by atoms with Crippen molar-refractivity contribution in [2.45, 2.75) is 77.7 Å². The molecule has 0 aliphatic carbocycles. The quantitative estimate of drug-likeness (QED) is 0.387. The first-order chi connectivity index (χ1) is 6.85. The first-order valence-electron chi connectivity index (χ1n) is 6.19. The van der Waals surface area contributed by atoms with Crippen molar-refractivity contribution < 1.29 is 0 Å². The average molecular weight is 197 g/mol. The van der Waals surface area contributed by atoms with Crippen LogP contribution in [0.2, 0.25) is 0 Å². The van der Waals surface area contributed by atoms with Crippen molar-refractivity contribution in [3.63, 3.8) is 0 Å². The van der Waals surface area contributed by atoms with Crippen LogP contribution in [0.1, 0.15) is 71.6 Å². The lowest BCUT2D eigenvalue weighted by atomic mass is 10.0. The molecule has 0 aromatic rings. The van der Waals surface area contributed by atoms with Gasteiger partial charge >= 0.3 is 6.04 Å². The average Bonchev–Trinajstić information content (AvgIpc) is 2.21. The second-order valence-corrected chi connectivity index (χ2v) is 4.11. The summed E-state index contributed by atoms with van der Waals surface area (Å²) < 4.78 is 0. The van der Waals surface area contributed by atoms with Crippen molar-refractivity contribution in [2.24, 2.45) is 0 Å². The van der Waals surface area contributed by atoms with E-state index in [9.17, 15) is 0 Å². The molecule has 0 N–H and O–H groups in total. The highest BCUT2D eigenvalue weighted by Crippen LogP contribution is 2.13. The van der Waals surface area contributed by atoms with E-state index < -0.39 is 0 Å². The van der Waals surface area contributed by atoms with Crippen LogP contribution in [0.5, 0.6) is 0 Å². The lowest BCUT2D eigenvalue weighted by molar-refractivity contribution is 0.541. The van der Waals surface area contributed by atoms with E-state index in [1.807, 2.05) is 0 Å². The van der Waals surface area contributed by atoms with E-state index in [-0.39, 0.29) is 6.04 Å². The third-order valence-electron chi connectivity index (χ3n) is 2.68. The van der Waals surface area contributed by atoms with E-state index in [1.54, 1.807) is 0 Å². The summed E-state index contributed by atoms with van der Waals surface area (Å²) in [6, 6.07) is 0.200. The molecule has 0 fully saturated rings. The molecule has 0 aliphatic heterocycles. The number of rotatable bonds is 9. The Balaban J connectivity index is 3.21. The second-order valence-electron chi connectivity index (χ2n) is 4.11. The van der Waals surface area contributed by atoms with Gasteiger partial charge in [0.05, 0.1) is 0 Å². The highest BCUT2D eigenvalue weighted by atomic mass is 14.9. The van der Waals surface area contributed by atoms with Crippen molar-refractivity contribution in [3.05, 3.63) is 4.98 Å². The van der Waals surface area contributed by atoms with Crippen molar-refractivity contribution in [2.75, 3.05) is 0 Å². The molecule has 0 aromatic heterocycles. The Kier molecular flexibility index (Phi) is 10.1. The molecule has 0 amide bonds. The Morgan fingerprint density at radius 2 is 1.50 bits per heavy atom. The van der Waals surface area contributed by atoms with E-state index in [0.717, 1.165) is 19.3 Å². The Hall–Kier alpha value is -0.580. The SMILES string of the molecule is CCCCCCCCC(CCC)[N+]#N. The Morgan fingerprint density at radius 1 is 0.857 bits per heavy atom. The van der Waals surface area contributed by atoms with Gasteiger partial charge in [0.15, 0.2) is 0 Å². The highest BCUT2D eigenvalue weighted by molar-refractivity contribution is 4.74. The summed E-state index contributed by atoms with van der Waals surface area (Å²) in [6.45, 7) is 4.38. The topological polar surface area (TPSA) is 28.1 Å². The van der Waals surface area contributed by atoms with Crippen molar-refractivity contribution >= 4 is 0 Å². The van der Waals surface area contributed by atoms with Crippen LogP contribution in [0.3, 0.4) is 0 Å². The zero-order valence-electron chi connectivity index (χ0n) is 9.84. The standard InChI is InChI=1S/C12H25N2/c1-3-5-6-7-8-9-11-12(14-13)10-4-2/h12H,3-11H2,1-2H3/q+1. The number of hydrogen-bond acceptors (Lipinski definition) is 1. The normalized spacial score (nSPS) is 12.4. The number of diazo groups is 1. The fourth-order valence-corrected chi connectivity index (χ4v) is 1.75. The van der Waals surface area contributed by atoms with E-state index >= 15 is 0 Å². The molecule has 0 aromatic carbocycles. The molecule has 2 nitrogen and oxygen atoms in total. The van der Waals surface area contributed by atoms with Gasteiger partial charge in [-0.3, -0.25) is 0 Å². The minimum atomic E-state index is 0.200. The molecule has 0 rings (SSSR count). The third kappa shape index (κ3) is 8.04. The van der Waals surface area contributed by atoms with Crippen LogP contribution in [-0.4, -0.2) is 6.04 Å². The number of hydrogen-bond donors (Lipinski definition) is 0. The number of unbranched alkanes of at least 4 members (excludes halogenated alkanes) is 5. The van der Waals surface area contributed by atoms with Crippen molar-refractivity contribution in [3.8, 4) is 0 Å². The molecular weight excluding hydrogens is 172 g/mol. The molecule has 0 bridgehead atoms. The van der Waals surface area contributed by atoms with Crippen molar-refractivity contribution in [1.82, 2.24) is 0 Å². The lowest BCUT2D eigenvalue weighted by Crippen LogP contribution is -2.00. The van der Waals surface area contributed by atoms with Crippen LogP contribution < -0.4 is 0 Å². The maximum atomic E-state index is 8.72. The van der Waals surface area contributed by atoms with Crippen LogP contribution in [0.15, 0.2) is 0 Å². The van der Waals surface area contributed by atoms with Crippen LogP contribution in [0.25, 0.3) is 4.98 Å². The molecule has 14 heavy (non-hydrogen) atoms. The van der Waals surface area contributed by atoms with Crippen LogP contribution in [-0.2, 0) is 0 Å². The second kappa shape index (κ2) is 10.5. The molecule has 0 spiro atoms. The zero-order valence-corrected chi connectivity index (χ0v) is 9.84. The van der Waals surface area contributed by atoms with Crippen LogP contribution >= 0.6 is 0 Å². The largest absolute Gasteiger partial charge is 0.314 e. The van der Waals surface area contributed by atoms with Gasteiger partial charge in [-0.05, 0) is 12.8 Å². The molecule has 1 atom stereocenters. The van der Waals surface area contributed by atoms with Gasteiger partial charge in [0.2, 0.25) is 5.39 Å². The molecule has 2 heteroatoms. The predicted molar refractivity (Wildman–Crippen MR) is 61.8 cm³/mol. The predicted octanol–water partition coefficient (Wildman–Crippen LogP) is 4.76. The van der Waals surface area contributed by atoms with E-state index in [4.69, 9.17) is 5.39 Å². The molecule has 0 saturated carbocycles. The van der Waals surface area contributed by atoms with Crippen LogP contribution in [0, 0.1) is 5.39 Å². The smallest absolute Gasteiger partial charge is 0.0654 e. The van der Waals surface area contributed by atoms with Gasteiger partial charge in [-0.15, -0.1) is 0 Å². The van der Waals surface area contributed by atoms with Gasteiger partial charge in [-0.2, -0.15) is 0 Å². The minimum Gasteiger partial charge on any atom is -0.0654 e. The summed E-state index contributed by atoms with van der Waals surface area (Å²) in [5.74, 6) is 0. The summed E-state index contributed by atoms with van der Waals surface area (Å²) in [5.41, 5.74) is 0. The highest BCUT2D eigenvalue weighted by Gasteiger charge is 2.16. The first-order valence-corrected chi connectivity index (χ1v) is 6.19. The first kappa shape index (κ1) is 13.4. The maximum Gasteiger partial charge on any atom is 0.314 e. The van der Waals surface area contributed by atoms with E-state index in [0.29, 0.717) is 0 Å². The molecular formula is C12H25N2+. The van der Waals surface area contributed by atoms with Gasteiger partial charge in [0.25, 0.3) is 0 Å². The van der Waals surface area contributed by atoms with Crippen molar-refractivity contribution in [1.29, 1.82) is 5.39 Å². The van der Waals surface area contributed by atoms with Gasteiger partial charge < -0.3 is 0 Å². The minimum absolute atomic E-state index is 0.200. The summed E-state index contributed by atoms with van der Waals surface area (Å²) in [7, 11) is 0. The molecule has 0 radical (unpaired) electrons. The van der Waals surface area contributed by atoms with Gasteiger partial charge in [-0.1, -0.05) is 46.0 Å². The van der Waals surface area contributed by atoms with E-state index in [2.05, 4.69) is 18.8 Å². The van der Waals surface area contributed by atoms with Gasteiger partial charge in [0, 0.05) is 12.8 Å². The molecule has 1 unspecified atom stereocenters. The van der Waals surface area contributed by atoms with Gasteiger partial charge in [-0.25, -0.2) is 0 Å². The summed E-state index contributed by atoms with van der Waals surface area (Å²) in [4.78, 5) is 3.41. The molecule has 0 aliphatic rings. The number of nitrogens with zero attached hydrogens (tertiary/aromatic N) is 2. The summed E-state index contributed by atoms with van der Waals surface area (Å²) in [6.07, 6.45) is 11.1. The fraction of sp³-hybridized carbons (Fsp3) is 1.00. The Labute approximate surface area is 88.7 Å². The van der Waals surface area contributed by atoms with Crippen LogP contribution in [0.4, 0.5) is 0 Å². The molecule has 0 saturated heterocycles. The lowest BCUT2D eigenvalue weighted by Gasteiger charge is -1.99. The summed E-state index contributed by atoms with van der Waals surface area (Å²) >= 11 is 0. The monoisotopic (exact) mass is 197 g/mol. The zero-order chi connectivity index (χ0) is 10.6. The molecule has 0 heterocycles. The van der Waals surface area contributed by atoms with Gasteiger partial charge in [0.1, 0.15) is 4.98 Å².